The number of aromatic hydroxyl groups is 2. The second-order valence-electron chi connectivity index (χ2n) is 7.58. The number of methoxy groups -OCH3 is 1. The van der Waals surface area contributed by atoms with E-state index in [-0.39, 0.29) is 39.1 Å². The summed E-state index contributed by atoms with van der Waals surface area (Å²) in [7, 11) is 1.62. The molecule has 0 radical (unpaired) electrons. The van der Waals surface area contributed by atoms with E-state index in [0.29, 0.717) is 37.4 Å². The molecule has 34 heavy (non-hydrogen) atoms. The average Bonchev–Trinajstić information content (AvgIpc) is 3.25. The molecule has 1 heterocycles. The topological polar surface area (TPSA) is 108 Å². The molecule has 2 aromatic carbocycles. The third kappa shape index (κ3) is 5.49. The third-order valence-corrected chi connectivity index (χ3v) is 5.65. The van der Waals surface area contributed by atoms with Crippen LogP contribution >= 0.6 is 11.6 Å². The smallest absolute Gasteiger partial charge is 0.274 e. The maximum Gasteiger partial charge on any atom is 0.274 e. The first-order chi connectivity index (χ1) is 16.3. The van der Waals surface area contributed by atoms with Crippen LogP contribution in [0.2, 0.25) is 5.02 Å². The molecule has 3 rings (SSSR count). The zero-order valence-electron chi connectivity index (χ0n) is 19.2. The van der Waals surface area contributed by atoms with Gasteiger partial charge in [-0.3, -0.25) is 9.69 Å². The number of rotatable bonds is 10. The Morgan fingerprint density at radius 1 is 1.24 bits per heavy atom. The van der Waals surface area contributed by atoms with Crippen LogP contribution in [0.1, 0.15) is 29.9 Å². The average molecular weight is 492 g/mol. The third-order valence-electron chi connectivity index (χ3n) is 5.35. The molecule has 1 aromatic heterocycles. The van der Waals surface area contributed by atoms with Crippen LogP contribution < -0.4 is 5.32 Å². The number of carbonyl (C=O) groups is 1. The fraction of sp³-hybridized carbons (Fsp3) is 0.333. The lowest BCUT2D eigenvalue weighted by atomic mass is 9.97. The van der Waals surface area contributed by atoms with Crippen molar-refractivity contribution in [3.63, 3.8) is 0 Å². The molecular weight excluding hydrogens is 465 g/mol. The normalized spacial score (nSPS) is 11.2. The minimum atomic E-state index is -0.516. The summed E-state index contributed by atoms with van der Waals surface area (Å²) in [4.78, 5) is 14.7. The van der Waals surface area contributed by atoms with Crippen molar-refractivity contribution in [3.05, 3.63) is 52.4 Å². The Hall–Kier alpha value is -3.14. The molecule has 3 N–H and O–H groups in total. The van der Waals surface area contributed by atoms with Gasteiger partial charge in [0.2, 0.25) is 0 Å². The van der Waals surface area contributed by atoms with E-state index in [0.717, 1.165) is 12.6 Å². The Bertz CT molecular complexity index is 1170. The first kappa shape index (κ1) is 25.5. The number of hydrogen-bond donors (Lipinski definition) is 3. The number of amides is 1. The fourth-order valence-corrected chi connectivity index (χ4v) is 3.68. The summed E-state index contributed by atoms with van der Waals surface area (Å²) in [6.45, 7) is 6.39. The first-order valence-corrected chi connectivity index (χ1v) is 11.2. The van der Waals surface area contributed by atoms with Gasteiger partial charge in [-0.05, 0) is 31.2 Å². The maximum absolute atomic E-state index is 15.2. The lowest BCUT2D eigenvalue weighted by molar-refractivity contribution is 0.0947. The molecular formula is C24H27ClFN3O5. The van der Waals surface area contributed by atoms with Crippen molar-refractivity contribution in [1.82, 2.24) is 15.4 Å². The van der Waals surface area contributed by atoms with E-state index in [9.17, 15) is 15.0 Å². The fourth-order valence-electron chi connectivity index (χ4n) is 3.52. The summed E-state index contributed by atoms with van der Waals surface area (Å²) < 4.78 is 25.7. The Morgan fingerprint density at radius 3 is 2.65 bits per heavy atom. The lowest BCUT2D eigenvalue weighted by Gasteiger charge is -2.20. The van der Waals surface area contributed by atoms with E-state index in [2.05, 4.69) is 10.5 Å². The highest BCUT2D eigenvalue weighted by atomic mass is 35.5. The van der Waals surface area contributed by atoms with E-state index in [1.807, 2.05) is 11.8 Å². The van der Waals surface area contributed by atoms with Crippen LogP contribution in [-0.2, 0) is 11.3 Å². The van der Waals surface area contributed by atoms with Crippen molar-refractivity contribution < 1.29 is 28.7 Å². The molecule has 0 unspecified atom stereocenters. The number of likely N-dealkylation sites (N-methyl/N-ethyl adjacent to an activating group) is 1. The Balaban J connectivity index is 2.09. The van der Waals surface area contributed by atoms with Crippen molar-refractivity contribution in [2.45, 2.75) is 20.4 Å². The lowest BCUT2D eigenvalue weighted by Crippen LogP contribution is -2.27. The highest BCUT2D eigenvalue weighted by Crippen LogP contribution is 2.43. The largest absolute Gasteiger partial charge is 0.507 e. The zero-order chi connectivity index (χ0) is 24.8. The van der Waals surface area contributed by atoms with Gasteiger partial charge in [-0.1, -0.05) is 35.8 Å². The van der Waals surface area contributed by atoms with Crippen LogP contribution in [0.25, 0.3) is 22.5 Å². The predicted molar refractivity (Wildman–Crippen MR) is 127 cm³/mol. The Morgan fingerprint density at radius 2 is 2.00 bits per heavy atom. The second kappa shape index (κ2) is 11.3. The number of benzene rings is 2. The van der Waals surface area contributed by atoms with Crippen LogP contribution in [-0.4, -0.2) is 59.5 Å². The molecule has 0 saturated carbocycles. The van der Waals surface area contributed by atoms with Gasteiger partial charge in [-0.15, -0.1) is 0 Å². The molecule has 182 valence electrons. The molecule has 0 aliphatic carbocycles. The summed E-state index contributed by atoms with van der Waals surface area (Å²) in [5.74, 6) is -1.62. The van der Waals surface area contributed by atoms with Crippen LogP contribution in [0.4, 0.5) is 4.39 Å². The van der Waals surface area contributed by atoms with Gasteiger partial charge in [0, 0.05) is 38.4 Å². The minimum absolute atomic E-state index is 0.0167. The van der Waals surface area contributed by atoms with Crippen LogP contribution in [0.5, 0.6) is 11.5 Å². The molecule has 1 amide bonds. The molecule has 3 aromatic rings. The highest BCUT2D eigenvalue weighted by molar-refractivity contribution is 6.32. The van der Waals surface area contributed by atoms with Gasteiger partial charge < -0.3 is 24.8 Å². The van der Waals surface area contributed by atoms with Crippen molar-refractivity contribution in [3.8, 4) is 33.9 Å². The molecule has 0 saturated heterocycles. The number of nitrogens with zero attached hydrogens (tertiary/aromatic N) is 2. The van der Waals surface area contributed by atoms with Crippen LogP contribution in [0, 0.1) is 5.82 Å². The summed E-state index contributed by atoms with van der Waals surface area (Å²) in [6.07, 6.45) is 0. The van der Waals surface area contributed by atoms with Crippen molar-refractivity contribution in [1.29, 1.82) is 0 Å². The van der Waals surface area contributed by atoms with Crippen LogP contribution in [0.3, 0.4) is 0 Å². The van der Waals surface area contributed by atoms with Crippen molar-refractivity contribution >= 4 is 17.5 Å². The van der Waals surface area contributed by atoms with E-state index >= 15 is 4.39 Å². The molecule has 0 aliphatic heterocycles. The number of ether oxygens (including phenoxy) is 1. The van der Waals surface area contributed by atoms with Gasteiger partial charge in [0.05, 0.1) is 22.8 Å². The van der Waals surface area contributed by atoms with Crippen molar-refractivity contribution in [2.24, 2.45) is 0 Å². The minimum Gasteiger partial charge on any atom is -0.507 e. The SMILES string of the molecule is CCNC(=O)c1noc(-c2cc(Cl)c(O)cc2O)c1-c1ccc(CN(CC)CCOC)c(F)c1. The van der Waals surface area contributed by atoms with E-state index in [4.69, 9.17) is 20.9 Å². The van der Waals surface area contributed by atoms with Gasteiger partial charge in [-0.2, -0.15) is 0 Å². The number of hydrogen-bond acceptors (Lipinski definition) is 7. The van der Waals surface area contributed by atoms with Gasteiger partial charge in [0.25, 0.3) is 5.91 Å². The number of halogens is 2. The summed E-state index contributed by atoms with van der Waals surface area (Å²) in [5, 5.41) is 26.7. The Kier molecular flexibility index (Phi) is 8.49. The second-order valence-corrected chi connectivity index (χ2v) is 7.99. The zero-order valence-corrected chi connectivity index (χ0v) is 19.9. The summed E-state index contributed by atoms with van der Waals surface area (Å²) in [5.41, 5.74) is 1.04. The monoisotopic (exact) mass is 491 g/mol. The van der Waals surface area contributed by atoms with Crippen LogP contribution in [0.15, 0.2) is 34.9 Å². The quantitative estimate of drug-likeness (QED) is 0.385. The van der Waals surface area contributed by atoms with Gasteiger partial charge in [0.15, 0.2) is 11.5 Å². The highest BCUT2D eigenvalue weighted by Gasteiger charge is 2.27. The molecule has 8 nitrogen and oxygen atoms in total. The number of aromatic nitrogens is 1. The predicted octanol–water partition coefficient (Wildman–Crippen LogP) is 4.43. The van der Waals surface area contributed by atoms with E-state index in [1.54, 1.807) is 26.2 Å². The first-order valence-electron chi connectivity index (χ1n) is 10.8. The van der Waals surface area contributed by atoms with Crippen molar-refractivity contribution in [2.75, 3.05) is 33.4 Å². The van der Waals surface area contributed by atoms with E-state index < -0.39 is 11.7 Å². The summed E-state index contributed by atoms with van der Waals surface area (Å²) in [6, 6.07) is 6.95. The molecule has 0 atom stereocenters. The van der Waals surface area contributed by atoms with Gasteiger partial charge >= 0.3 is 0 Å². The molecule has 0 spiro atoms. The Labute approximate surface area is 201 Å². The molecule has 0 bridgehead atoms. The standard InChI is InChI=1S/C24H27ClFN3O5/c1-4-27-24(32)22-21(23(34-28-22)16-11-17(25)20(31)12-19(16)30)14-6-7-15(18(26)10-14)13-29(5-2)8-9-33-3/h6-7,10-12,30-31H,4-5,8-9,13H2,1-3H3,(H,27,32). The van der Waals surface area contributed by atoms with Gasteiger partial charge in [0.1, 0.15) is 17.3 Å². The number of nitrogens with one attached hydrogen (secondary N) is 1. The number of phenolic OH excluding ortho intramolecular Hbond substituents is 2. The maximum atomic E-state index is 15.2. The summed E-state index contributed by atoms with van der Waals surface area (Å²) >= 11 is 6.02. The number of phenols is 2. The van der Waals surface area contributed by atoms with Gasteiger partial charge in [-0.25, -0.2) is 4.39 Å². The molecule has 0 aliphatic rings. The number of carbonyl (C=O) groups excluding carboxylic acids is 1. The molecule has 0 fully saturated rings. The van der Waals surface area contributed by atoms with E-state index in [1.165, 1.54) is 12.1 Å². The molecule has 10 heteroatoms.